The van der Waals surface area contributed by atoms with Crippen LogP contribution in [0, 0.1) is 16.2 Å². The lowest BCUT2D eigenvalue weighted by atomic mass is 9.26. The Labute approximate surface area is 261 Å². The molecule has 0 aromatic heterocycles. The highest BCUT2D eigenvalue weighted by Gasteiger charge is 2.82. The standard InChI is InChI=1S/C29H50O16/c1-26(2)9-28(5)10-27(3,4)29(26,28)45-25-22(44-24-20(39)18(37)15(34)12(7-31)41-24)21(16(35)13(8-32)42-25)43-23-19(38)17(36)14(33)11(6-30)40-23/h11-25,30-39H,6-10H2,1-5H3/t11-,12-,13?,14-,15-,16?,17+,18+,19+,20+,21?,22?,23?,24?,25?,28?,29?/m1/s1. The maximum atomic E-state index is 11.4. The zero-order chi connectivity index (χ0) is 33.4. The number of hydrogen-bond acceptors (Lipinski definition) is 16. The van der Waals surface area contributed by atoms with Gasteiger partial charge in [0.1, 0.15) is 73.2 Å². The van der Waals surface area contributed by atoms with E-state index in [1.54, 1.807) is 0 Å². The molecule has 0 bridgehead atoms. The van der Waals surface area contributed by atoms with E-state index in [1.807, 2.05) is 27.7 Å². The van der Waals surface area contributed by atoms with Crippen LogP contribution in [0.2, 0.25) is 0 Å². The molecule has 262 valence electrons. The number of aliphatic hydroxyl groups excluding tert-OH is 10. The molecule has 3 aliphatic heterocycles. The third-order valence-corrected chi connectivity index (χ3v) is 10.8. The van der Waals surface area contributed by atoms with Crippen LogP contribution in [-0.4, -0.2) is 169 Å². The van der Waals surface area contributed by atoms with E-state index in [1.165, 1.54) is 0 Å². The molecule has 5 aliphatic rings. The van der Waals surface area contributed by atoms with Gasteiger partial charge in [0.15, 0.2) is 18.9 Å². The third-order valence-electron chi connectivity index (χ3n) is 10.8. The number of hydrogen-bond donors (Lipinski definition) is 10. The molecule has 2 saturated carbocycles. The first-order chi connectivity index (χ1) is 20.9. The second-order valence-electron chi connectivity index (χ2n) is 14.8. The van der Waals surface area contributed by atoms with E-state index < -0.39 is 118 Å². The Balaban J connectivity index is 1.53. The van der Waals surface area contributed by atoms with E-state index in [4.69, 9.17) is 28.4 Å². The lowest BCUT2D eigenvalue weighted by Crippen LogP contribution is -2.85. The summed E-state index contributed by atoms with van der Waals surface area (Å²) in [4.78, 5) is 0. The largest absolute Gasteiger partial charge is 0.394 e. The summed E-state index contributed by atoms with van der Waals surface area (Å²) in [5.41, 5.74) is -1.85. The van der Waals surface area contributed by atoms with Crippen molar-refractivity contribution in [1.29, 1.82) is 0 Å². The minimum Gasteiger partial charge on any atom is -0.394 e. The molecule has 5 fully saturated rings. The van der Waals surface area contributed by atoms with Crippen LogP contribution in [0.25, 0.3) is 0 Å². The second-order valence-corrected chi connectivity index (χ2v) is 14.8. The quantitative estimate of drug-likeness (QED) is 0.114. The van der Waals surface area contributed by atoms with Gasteiger partial charge in [0.2, 0.25) is 0 Å². The molecule has 0 amide bonds. The number of ether oxygens (including phenoxy) is 6. The van der Waals surface area contributed by atoms with Gasteiger partial charge in [-0.3, -0.25) is 0 Å². The zero-order valence-corrected chi connectivity index (χ0v) is 26.1. The van der Waals surface area contributed by atoms with E-state index in [0.29, 0.717) is 0 Å². The van der Waals surface area contributed by atoms with Crippen molar-refractivity contribution in [3.05, 3.63) is 0 Å². The molecule has 0 spiro atoms. The molecule has 0 aromatic rings. The van der Waals surface area contributed by atoms with Crippen LogP contribution in [0.3, 0.4) is 0 Å². The molecule has 0 aromatic carbocycles. The number of fused-ring (bicyclic) bond motifs is 1. The predicted octanol–water partition coefficient (Wildman–Crippen LogP) is -3.94. The second kappa shape index (κ2) is 12.4. The Morgan fingerprint density at radius 3 is 1.27 bits per heavy atom. The molecule has 7 unspecified atom stereocenters. The van der Waals surface area contributed by atoms with Gasteiger partial charge in [-0.2, -0.15) is 0 Å². The normalized spacial score (nSPS) is 54.1. The zero-order valence-electron chi connectivity index (χ0n) is 26.1. The Kier molecular flexibility index (Phi) is 9.79. The van der Waals surface area contributed by atoms with Crippen molar-refractivity contribution in [2.45, 2.75) is 145 Å². The molecule has 16 heteroatoms. The molecular formula is C29H50O16. The van der Waals surface area contributed by atoms with Crippen molar-refractivity contribution in [3.8, 4) is 0 Å². The molecule has 15 atom stereocenters. The van der Waals surface area contributed by atoms with Crippen LogP contribution in [-0.2, 0) is 28.4 Å². The van der Waals surface area contributed by atoms with Gasteiger partial charge >= 0.3 is 0 Å². The highest BCUT2D eigenvalue weighted by Crippen LogP contribution is 2.81. The fourth-order valence-corrected chi connectivity index (χ4v) is 9.59. The van der Waals surface area contributed by atoms with Crippen molar-refractivity contribution in [2.24, 2.45) is 16.2 Å². The summed E-state index contributed by atoms with van der Waals surface area (Å²) in [6.45, 7) is 8.08. The molecule has 0 radical (unpaired) electrons. The summed E-state index contributed by atoms with van der Waals surface area (Å²) in [7, 11) is 0. The average Bonchev–Trinajstić information content (AvgIpc) is 2.97. The number of aliphatic hydroxyl groups is 10. The van der Waals surface area contributed by atoms with Gasteiger partial charge in [0.05, 0.1) is 25.4 Å². The molecule has 45 heavy (non-hydrogen) atoms. The van der Waals surface area contributed by atoms with Gasteiger partial charge in [0, 0.05) is 0 Å². The first kappa shape index (κ1) is 35.7. The molecule has 10 N–H and O–H groups in total. The molecular weight excluding hydrogens is 604 g/mol. The Bertz CT molecular complexity index is 1000. The van der Waals surface area contributed by atoms with E-state index in [9.17, 15) is 51.1 Å². The SMILES string of the molecule is CC1(C)CC2(C)CC(C)(C)C12OC1OC(CO)C(O)C(OC2O[C@H](CO)[C@@H](O)[C@H](O)[C@@H]2O)C1OC1O[C@H](CO)[C@@H](O)[C@H](O)[C@@H]1O. The van der Waals surface area contributed by atoms with Gasteiger partial charge in [-0.25, -0.2) is 0 Å². The maximum absolute atomic E-state index is 11.4. The van der Waals surface area contributed by atoms with Gasteiger partial charge in [-0.15, -0.1) is 0 Å². The summed E-state index contributed by atoms with van der Waals surface area (Å²) in [6, 6.07) is 0. The van der Waals surface area contributed by atoms with Crippen LogP contribution in [0.4, 0.5) is 0 Å². The maximum Gasteiger partial charge on any atom is 0.187 e. The fraction of sp³-hybridized carbons (Fsp3) is 1.00. The van der Waals surface area contributed by atoms with Crippen molar-refractivity contribution in [2.75, 3.05) is 19.8 Å². The summed E-state index contributed by atoms with van der Waals surface area (Å²) in [6.07, 6.45) is -22.8. The van der Waals surface area contributed by atoms with Gasteiger partial charge < -0.3 is 79.5 Å². The van der Waals surface area contributed by atoms with Crippen LogP contribution >= 0.6 is 0 Å². The van der Waals surface area contributed by atoms with Crippen molar-refractivity contribution < 1.29 is 79.5 Å². The highest BCUT2D eigenvalue weighted by molar-refractivity contribution is 5.31. The molecule has 3 heterocycles. The third kappa shape index (κ3) is 5.39. The summed E-state index contributed by atoms with van der Waals surface area (Å²) >= 11 is 0. The van der Waals surface area contributed by atoms with E-state index >= 15 is 0 Å². The van der Waals surface area contributed by atoms with E-state index in [-0.39, 0.29) is 16.2 Å². The molecule has 16 nitrogen and oxygen atoms in total. The topological polar surface area (TPSA) is 258 Å². The minimum atomic E-state index is -1.87. The average molecular weight is 655 g/mol. The monoisotopic (exact) mass is 654 g/mol. The predicted molar refractivity (Wildman–Crippen MR) is 148 cm³/mol. The Morgan fingerprint density at radius 1 is 0.511 bits per heavy atom. The van der Waals surface area contributed by atoms with Crippen LogP contribution in [0.5, 0.6) is 0 Å². The molecule has 3 saturated heterocycles. The summed E-state index contributed by atoms with van der Waals surface area (Å²) < 4.78 is 36.2. The molecule has 2 aliphatic carbocycles. The summed E-state index contributed by atoms with van der Waals surface area (Å²) in [5.74, 6) is 0. The summed E-state index contributed by atoms with van der Waals surface area (Å²) in [5, 5.41) is 104. The smallest absolute Gasteiger partial charge is 0.187 e. The van der Waals surface area contributed by atoms with E-state index in [2.05, 4.69) is 6.92 Å². The Hall–Kier alpha value is -0.640. The Morgan fingerprint density at radius 2 is 0.889 bits per heavy atom. The first-order valence-corrected chi connectivity index (χ1v) is 15.4. The van der Waals surface area contributed by atoms with Gasteiger partial charge in [-0.05, 0) is 29.1 Å². The number of rotatable bonds is 9. The highest BCUT2D eigenvalue weighted by atomic mass is 16.8. The van der Waals surface area contributed by atoms with Crippen LogP contribution in [0.15, 0.2) is 0 Å². The van der Waals surface area contributed by atoms with Crippen molar-refractivity contribution >= 4 is 0 Å². The minimum absolute atomic E-state index is 0.282. The van der Waals surface area contributed by atoms with Crippen LogP contribution < -0.4 is 0 Å². The molecule has 5 rings (SSSR count). The van der Waals surface area contributed by atoms with E-state index in [0.717, 1.165) is 12.8 Å². The lowest BCUT2D eigenvalue weighted by Gasteiger charge is -2.82. The van der Waals surface area contributed by atoms with Gasteiger partial charge in [0.25, 0.3) is 0 Å². The fourth-order valence-electron chi connectivity index (χ4n) is 9.59. The van der Waals surface area contributed by atoms with Crippen LogP contribution in [0.1, 0.15) is 47.5 Å². The first-order valence-electron chi connectivity index (χ1n) is 15.4. The van der Waals surface area contributed by atoms with Crippen molar-refractivity contribution in [3.63, 3.8) is 0 Å². The van der Waals surface area contributed by atoms with Crippen molar-refractivity contribution in [1.82, 2.24) is 0 Å². The van der Waals surface area contributed by atoms with Gasteiger partial charge in [-0.1, -0.05) is 34.6 Å². The lowest BCUT2D eigenvalue weighted by molar-refractivity contribution is -0.467.